The van der Waals surface area contributed by atoms with Crippen molar-refractivity contribution >= 4 is 11.6 Å². The van der Waals surface area contributed by atoms with Crippen LogP contribution >= 0.6 is 0 Å². The summed E-state index contributed by atoms with van der Waals surface area (Å²) in [5, 5.41) is 6.38. The van der Waals surface area contributed by atoms with E-state index in [1.165, 1.54) is 6.42 Å². The third kappa shape index (κ3) is 3.33. The molecule has 3 nitrogen and oxygen atoms in total. The first kappa shape index (κ1) is 13.1. The second-order valence-corrected chi connectivity index (χ2v) is 5.21. The van der Waals surface area contributed by atoms with Crippen molar-refractivity contribution in [3.63, 3.8) is 0 Å². The third-order valence-corrected chi connectivity index (χ3v) is 3.69. The van der Waals surface area contributed by atoms with Crippen LogP contribution in [0.15, 0.2) is 18.2 Å². The van der Waals surface area contributed by atoms with Gasteiger partial charge in [0.05, 0.1) is 0 Å². The lowest BCUT2D eigenvalue weighted by Gasteiger charge is -2.12. The summed E-state index contributed by atoms with van der Waals surface area (Å²) in [7, 11) is 0. The number of carbonyl (C=O) groups excluding carboxylic acids is 1. The van der Waals surface area contributed by atoms with Crippen molar-refractivity contribution in [2.45, 2.75) is 33.1 Å². The maximum absolute atomic E-state index is 11.9. The fourth-order valence-corrected chi connectivity index (χ4v) is 2.51. The van der Waals surface area contributed by atoms with Crippen molar-refractivity contribution in [2.75, 3.05) is 18.4 Å². The lowest BCUT2D eigenvalue weighted by molar-refractivity contribution is -0.116. The Morgan fingerprint density at radius 2 is 2.11 bits per heavy atom. The lowest BCUT2D eigenvalue weighted by Crippen LogP contribution is -2.16. The minimum atomic E-state index is 0.138. The molecule has 1 fully saturated rings. The summed E-state index contributed by atoms with van der Waals surface area (Å²) in [6.45, 7) is 6.23. The normalized spacial score (nSPS) is 18.9. The van der Waals surface area contributed by atoms with E-state index in [4.69, 9.17) is 0 Å². The summed E-state index contributed by atoms with van der Waals surface area (Å²) in [6.07, 6.45) is 2.82. The number of nitrogens with one attached hydrogen (secondary N) is 2. The molecule has 0 bridgehead atoms. The summed E-state index contributed by atoms with van der Waals surface area (Å²) >= 11 is 0. The van der Waals surface area contributed by atoms with Crippen LogP contribution in [-0.2, 0) is 4.79 Å². The van der Waals surface area contributed by atoms with Crippen LogP contribution < -0.4 is 10.6 Å². The molecule has 1 aromatic carbocycles. The predicted octanol–water partition coefficient (Wildman–Crippen LogP) is 2.63. The molecule has 0 saturated carbocycles. The molecule has 2 rings (SSSR count). The lowest BCUT2D eigenvalue weighted by atomic mass is 10.0. The molecule has 0 aliphatic carbocycles. The standard InChI is InChI=1S/C15H22N2O/c1-11-4-3-5-12(2)15(11)17-14(18)7-6-13-8-9-16-10-13/h3-5,13,16H,6-10H2,1-2H3,(H,17,18). The molecule has 1 aliphatic heterocycles. The van der Waals surface area contributed by atoms with Crippen molar-refractivity contribution in [1.82, 2.24) is 5.32 Å². The van der Waals surface area contributed by atoms with E-state index in [1.807, 2.05) is 32.0 Å². The number of carbonyl (C=O) groups is 1. The van der Waals surface area contributed by atoms with Gasteiger partial charge in [0, 0.05) is 12.1 Å². The molecule has 1 atom stereocenters. The van der Waals surface area contributed by atoms with Crippen LogP contribution in [0.25, 0.3) is 0 Å². The number of benzene rings is 1. The molecule has 0 radical (unpaired) electrons. The minimum Gasteiger partial charge on any atom is -0.326 e. The Bertz CT molecular complexity index is 402. The quantitative estimate of drug-likeness (QED) is 0.857. The zero-order valence-corrected chi connectivity index (χ0v) is 11.3. The molecule has 98 valence electrons. The van der Waals surface area contributed by atoms with E-state index in [9.17, 15) is 4.79 Å². The van der Waals surface area contributed by atoms with Gasteiger partial charge in [-0.3, -0.25) is 4.79 Å². The molecule has 1 aliphatic rings. The van der Waals surface area contributed by atoms with E-state index in [0.717, 1.165) is 36.3 Å². The zero-order valence-electron chi connectivity index (χ0n) is 11.3. The van der Waals surface area contributed by atoms with Gasteiger partial charge in [-0.25, -0.2) is 0 Å². The largest absolute Gasteiger partial charge is 0.326 e. The molecular formula is C15H22N2O. The highest BCUT2D eigenvalue weighted by Gasteiger charge is 2.16. The minimum absolute atomic E-state index is 0.138. The van der Waals surface area contributed by atoms with Gasteiger partial charge in [0.15, 0.2) is 0 Å². The highest BCUT2D eigenvalue weighted by Crippen LogP contribution is 2.20. The Hall–Kier alpha value is -1.35. The number of rotatable bonds is 4. The second-order valence-electron chi connectivity index (χ2n) is 5.21. The summed E-state index contributed by atoms with van der Waals surface area (Å²) < 4.78 is 0. The van der Waals surface area contributed by atoms with Gasteiger partial charge in [-0.05, 0) is 56.8 Å². The van der Waals surface area contributed by atoms with Gasteiger partial charge in [-0.15, -0.1) is 0 Å². The molecule has 1 amide bonds. The van der Waals surface area contributed by atoms with E-state index in [2.05, 4.69) is 10.6 Å². The molecule has 1 heterocycles. The fraction of sp³-hybridized carbons (Fsp3) is 0.533. The molecule has 18 heavy (non-hydrogen) atoms. The maximum Gasteiger partial charge on any atom is 0.224 e. The van der Waals surface area contributed by atoms with Crippen LogP contribution in [0.5, 0.6) is 0 Å². The Balaban J connectivity index is 1.86. The van der Waals surface area contributed by atoms with Crippen molar-refractivity contribution < 1.29 is 4.79 Å². The number of hydrogen-bond donors (Lipinski definition) is 2. The fourth-order valence-electron chi connectivity index (χ4n) is 2.51. The van der Waals surface area contributed by atoms with Gasteiger partial charge >= 0.3 is 0 Å². The van der Waals surface area contributed by atoms with Crippen molar-refractivity contribution in [1.29, 1.82) is 0 Å². The molecule has 0 spiro atoms. The van der Waals surface area contributed by atoms with E-state index < -0.39 is 0 Å². The summed E-state index contributed by atoms with van der Waals surface area (Å²) in [5.41, 5.74) is 3.24. The van der Waals surface area contributed by atoms with E-state index in [0.29, 0.717) is 12.3 Å². The molecule has 2 N–H and O–H groups in total. The monoisotopic (exact) mass is 246 g/mol. The smallest absolute Gasteiger partial charge is 0.224 e. The average Bonchev–Trinajstić information content (AvgIpc) is 2.84. The molecular weight excluding hydrogens is 224 g/mol. The first-order valence-electron chi connectivity index (χ1n) is 6.73. The maximum atomic E-state index is 11.9. The Kier molecular flexibility index (Phi) is 4.37. The van der Waals surface area contributed by atoms with Crippen LogP contribution in [0.3, 0.4) is 0 Å². The van der Waals surface area contributed by atoms with Crippen LogP contribution in [0.4, 0.5) is 5.69 Å². The Labute approximate surface area is 109 Å². The summed E-state index contributed by atoms with van der Waals surface area (Å²) in [4.78, 5) is 11.9. The molecule has 1 aromatic rings. The molecule has 1 saturated heterocycles. The first-order chi connectivity index (χ1) is 8.66. The van der Waals surface area contributed by atoms with Crippen LogP contribution in [-0.4, -0.2) is 19.0 Å². The highest BCUT2D eigenvalue weighted by molar-refractivity contribution is 5.92. The van der Waals surface area contributed by atoms with Gasteiger partial charge in [0.1, 0.15) is 0 Å². The average molecular weight is 246 g/mol. The second kappa shape index (κ2) is 6.01. The number of hydrogen-bond acceptors (Lipinski definition) is 2. The van der Waals surface area contributed by atoms with E-state index >= 15 is 0 Å². The van der Waals surface area contributed by atoms with Gasteiger partial charge < -0.3 is 10.6 Å². The van der Waals surface area contributed by atoms with Crippen molar-refractivity contribution in [2.24, 2.45) is 5.92 Å². The van der Waals surface area contributed by atoms with Gasteiger partial charge in [-0.1, -0.05) is 18.2 Å². The van der Waals surface area contributed by atoms with E-state index in [1.54, 1.807) is 0 Å². The van der Waals surface area contributed by atoms with Gasteiger partial charge in [0.25, 0.3) is 0 Å². The first-order valence-corrected chi connectivity index (χ1v) is 6.73. The van der Waals surface area contributed by atoms with Crippen LogP contribution in [0.2, 0.25) is 0 Å². The van der Waals surface area contributed by atoms with Crippen molar-refractivity contribution in [3.8, 4) is 0 Å². The topological polar surface area (TPSA) is 41.1 Å². The summed E-state index contributed by atoms with van der Waals surface area (Å²) in [5.74, 6) is 0.813. The predicted molar refractivity (Wildman–Crippen MR) is 74.8 cm³/mol. The van der Waals surface area contributed by atoms with Gasteiger partial charge in [0.2, 0.25) is 5.91 Å². The summed E-state index contributed by atoms with van der Waals surface area (Å²) in [6, 6.07) is 6.08. The Morgan fingerprint density at radius 3 is 2.72 bits per heavy atom. The number of amides is 1. The van der Waals surface area contributed by atoms with Gasteiger partial charge in [-0.2, -0.15) is 0 Å². The SMILES string of the molecule is Cc1cccc(C)c1NC(=O)CCC1CCNC1. The number of para-hydroxylation sites is 1. The molecule has 3 heteroatoms. The van der Waals surface area contributed by atoms with Crippen LogP contribution in [0.1, 0.15) is 30.4 Å². The number of aryl methyl sites for hydroxylation is 2. The molecule has 0 aromatic heterocycles. The third-order valence-electron chi connectivity index (χ3n) is 3.69. The molecule has 1 unspecified atom stereocenters. The van der Waals surface area contributed by atoms with E-state index in [-0.39, 0.29) is 5.91 Å². The number of anilines is 1. The zero-order chi connectivity index (χ0) is 13.0. The van der Waals surface area contributed by atoms with Crippen molar-refractivity contribution in [3.05, 3.63) is 29.3 Å². The Morgan fingerprint density at radius 1 is 1.39 bits per heavy atom. The highest BCUT2D eigenvalue weighted by atomic mass is 16.1. The van der Waals surface area contributed by atoms with Crippen LogP contribution in [0, 0.1) is 19.8 Å².